The van der Waals surface area contributed by atoms with Crippen LogP contribution in [0.2, 0.25) is 0 Å². The fourth-order valence-corrected chi connectivity index (χ4v) is 6.03. The molecule has 0 bridgehead atoms. The van der Waals surface area contributed by atoms with Crippen LogP contribution in [0.15, 0.2) is 38.8 Å². The van der Waals surface area contributed by atoms with E-state index in [-0.39, 0.29) is 33.7 Å². The van der Waals surface area contributed by atoms with E-state index < -0.39 is 10.0 Å². The van der Waals surface area contributed by atoms with Gasteiger partial charge in [0, 0.05) is 24.7 Å². The molecule has 4 rings (SSSR count). The number of nitrogens with one attached hydrogen (secondary N) is 1. The Labute approximate surface area is 180 Å². The first-order valence-corrected chi connectivity index (χ1v) is 12.8. The quantitative estimate of drug-likeness (QED) is 0.646. The SMILES string of the molecule is O=C(CSc1nnc(-c2cccc(S(=O)(=O)N3CCCCC3)c2)o1)NC1CCCC1. The summed E-state index contributed by atoms with van der Waals surface area (Å²) in [6, 6.07) is 6.86. The molecule has 2 aliphatic rings. The minimum absolute atomic E-state index is 0.0405. The summed E-state index contributed by atoms with van der Waals surface area (Å²) in [6.07, 6.45) is 7.24. The Balaban J connectivity index is 1.40. The van der Waals surface area contributed by atoms with Gasteiger partial charge < -0.3 is 9.73 Å². The Morgan fingerprint density at radius 1 is 1.13 bits per heavy atom. The molecule has 0 unspecified atom stereocenters. The van der Waals surface area contributed by atoms with E-state index in [0.717, 1.165) is 44.9 Å². The number of aromatic nitrogens is 2. The van der Waals surface area contributed by atoms with Gasteiger partial charge in [0.1, 0.15) is 0 Å². The third-order valence-electron chi connectivity index (χ3n) is 5.49. The highest BCUT2D eigenvalue weighted by Gasteiger charge is 2.26. The minimum atomic E-state index is -3.53. The van der Waals surface area contributed by atoms with Gasteiger partial charge in [-0.1, -0.05) is 37.1 Å². The van der Waals surface area contributed by atoms with E-state index in [1.165, 1.54) is 16.1 Å². The molecule has 2 fully saturated rings. The van der Waals surface area contributed by atoms with Crippen molar-refractivity contribution in [2.75, 3.05) is 18.8 Å². The van der Waals surface area contributed by atoms with Crippen molar-refractivity contribution in [3.05, 3.63) is 24.3 Å². The van der Waals surface area contributed by atoms with Gasteiger partial charge in [-0.05, 0) is 43.9 Å². The highest BCUT2D eigenvalue weighted by Crippen LogP contribution is 2.27. The molecule has 1 aliphatic heterocycles. The molecule has 1 saturated heterocycles. The van der Waals surface area contributed by atoms with Crippen LogP contribution >= 0.6 is 11.8 Å². The molecule has 30 heavy (non-hydrogen) atoms. The van der Waals surface area contributed by atoms with Gasteiger partial charge in [0.15, 0.2) is 0 Å². The van der Waals surface area contributed by atoms with Crippen LogP contribution in [0, 0.1) is 0 Å². The summed E-state index contributed by atoms with van der Waals surface area (Å²) >= 11 is 1.18. The zero-order valence-corrected chi connectivity index (χ0v) is 18.4. The molecule has 1 saturated carbocycles. The van der Waals surface area contributed by atoms with Gasteiger partial charge in [0.25, 0.3) is 5.22 Å². The molecule has 10 heteroatoms. The third kappa shape index (κ3) is 5.04. The number of carbonyl (C=O) groups is 1. The van der Waals surface area contributed by atoms with Gasteiger partial charge in [-0.15, -0.1) is 10.2 Å². The Morgan fingerprint density at radius 2 is 1.90 bits per heavy atom. The molecule has 0 spiro atoms. The van der Waals surface area contributed by atoms with Gasteiger partial charge >= 0.3 is 0 Å². The Morgan fingerprint density at radius 3 is 2.67 bits per heavy atom. The molecule has 1 aromatic heterocycles. The number of amides is 1. The molecular formula is C20H26N4O4S2. The number of rotatable bonds is 7. The molecule has 0 radical (unpaired) electrons. The standard InChI is InChI=1S/C20H26N4O4S2/c25-18(21-16-8-2-3-9-16)14-29-20-23-22-19(28-20)15-7-6-10-17(13-15)30(26,27)24-11-4-1-5-12-24/h6-7,10,13,16H,1-5,8-9,11-12,14H2,(H,21,25). The van der Waals surface area contributed by atoms with Crippen molar-refractivity contribution in [3.63, 3.8) is 0 Å². The van der Waals surface area contributed by atoms with Crippen LogP contribution in [0.4, 0.5) is 0 Å². The maximum Gasteiger partial charge on any atom is 0.277 e. The van der Waals surface area contributed by atoms with E-state index in [2.05, 4.69) is 15.5 Å². The average Bonchev–Trinajstić information content (AvgIpc) is 3.45. The molecule has 2 heterocycles. The Bertz CT molecular complexity index is 980. The van der Waals surface area contributed by atoms with Crippen LogP contribution in [-0.4, -0.2) is 53.7 Å². The van der Waals surface area contributed by atoms with Gasteiger partial charge in [-0.3, -0.25) is 4.79 Å². The molecule has 1 amide bonds. The van der Waals surface area contributed by atoms with Crippen LogP contribution < -0.4 is 5.32 Å². The smallest absolute Gasteiger partial charge is 0.277 e. The number of thioether (sulfide) groups is 1. The van der Waals surface area contributed by atoms with Crippen LogP contribution in [0.1, 0.15) is 44.9 Å². The molecular weight excluding hydrogens is 424 g/mol. The molecule has 1 aromatic carbocycles. The first kappa shape index (κ1) is 21.3. The van der Waals surface area contributed by atoms with Crippen molar-refractivity contribution in [3.8, 4) is 11.5 Å². The summed E-state index contributed by atoms with van der Waals surface area (Å²) < 4.78 is 33.0. The molecule has 162 valence electrons. The zero-order valence-electron chi connectivity index (χ0n) is 16.7. The summed E-state index contributed by atoms with van der Waals surface area (Å²) in [5.74, 6) is 0.410. The number of carbonyl (C=O) groups excluding carboxylic acids is 1. The first-order valence-electron chi connectivity index (χ1n) is 10.4. The average molecular weight is 451 g/mol. The summed E-state index contributed by atoms with van der Waals surface area (Å²) in [5, 5.41) is 11.3. The second kappa shape index (κ2) is 9.49. The van der Waals surface area contributed by atoms with Crippen LogP contribution in [0.3, 0.4) is 0 Å². The number of hydrogen-bond acceptors (Lipinski definition) is 7. The van der Waals surface area contributed by atoms with Crippen molar-refractivity contribution in [1.82, 2.24) is 19.8 Å². The van der Waals surface area contributed by atoms with Gasteiger partial charge in [0.2, 0.25) is 21.8 Å². The van der Waals surface area contributed by atoms with Crippen LogP contribution in [-0.2, 0) is 14.8 Å². The lowest BCUT2D eigenvalue weighted by Crippen LogP contribution is -2.35. The topological polar surface area (TPSA) is 105 Å². The molecule has 0 atom stereocenters. The van der Waals surface area contributed by atoms with E-state index >= 15 is 0 Å². The lowest BCUT2D eigenvalue weighted by Gasteiger charge is -2.25. The summed E-state index contributed by atoms with van der Waals surface area (Å²) in [4.78, 5) is 12.3. The van der Waals surface area contributed by atoms with Crippen molar-refractivity contribution < 1.29 is 17.6 Å². The summed E-state index contributed by atoms with van der Waals surface area (Å²) in [5.41, 5.74) is 0.544. The number of nitrogens with zero attached hydrogens (tertiary/aromatic N) is 3. The predicted molar refractivity (Wildman–Crippen MR) is 113 cm³/mol. The second-order valence-electron chi connectivity index (χ2n) is 7.70. The van der Waals surface area contributed by atoms with E-state index in [1.54, 1.807) is 24.3 Å². The third-order valence-corrected chi connectivity index (χ3v) is 8.20. The second-order valence-corrected chi connectivity index (χ2v) is 10.6. The van der Waals surface area contributed by atoms with Crippen molar-refractivity contribution in [2.45, 2.75) is 61.1 Å². The molecule has 1 N–H and O–H groups in total. The van der Waals surface area contributed by atoms with Gasteiger partial charge in [-0.2, -0.15) is 4.31 Å². The lowest BCUT2D eigenvalue weighted by atomic mass is 10.2. The number of piperidine rings is 1. The number of hydrogen-bond donors (Lipinski definition) is 1. The van der Waals surface area contributed by atoms with Gasteiger partial charge in [0.05, 0.1) is 10.6 Å². The number of sulfonamides is 1. The fourth-order valence-electron chi connectivity index (χ4n) is 3.90. The van der Waals surface area contributed by atoms with Crippen LogP contribution in [0.25, 0.3) is 11.5 Å². The normalized spacial score (nSPS) is 18.5. The molecule has 1 aliphatic carbocycles. The minimum Gasteiger partial charge on any atom is -0.411 e. The van der Waals surface area contributed by atoms with E-state index in [0.29, 0.717) is 18.7 Å². The highest BCUT2D eigenvalue weighted by molar-refractivity contribution is 7.99. The first-order chi connectivity index (χ1) is 14.5. The van der Waals surface area contributed by atoms with Crippen LogP contribution in [0.5, 0.6) is 0 Å². The maximum atomic E-state index is 12.9. The van der Waals surface area contributed by atoms with E-state index in [1.807, 2.05) is 0 Å². The van der Waals surface area contributed by atoms with Crippen molar-refractivity contribution in [2.24, 2.45) is 0 Å². The summed E-state index contributed by atoms with van der Waals surface area (Å²) in [7, 11) is -3.53. The zero-order chi connectivity index (χ0) is 21.0. The monoisotopic (exact) mass is 450 g/mol. The van der Waals surface area contributed by atoms with Crippen molar-refractivity contribution in [1.29, 1.82) is 0 Å². The van der Waals surface area contributed by atoms with Crippen molar-refractivity contribution >= 4 is 27.7 Å². The predicted octanol–water partition coefficient (Wildman–Crippen LogP) is 3.06. The molecule has 8 nitrogen and oxygen atoms in total. The van der Waals surface area contributed by atoms with E-state index in [9.17, 15) is 13.2 Å². The highest BCUT2D eigenvalue weighted by atomic mass is 32.2. The molecule has 2 aromatic rings. The maximum absolute atomic E-state index is 12.9. The largest absolute Gasteiger partial charge is 0.411 e. The Kier molecular flexibility index (Phi) is 6.74. The lowest BCUT2D eigenvalue weighted by molar-refractivity contribution is -0.119. The van der Waals surface area contributed by atoms with Gasteiger partial charge in [-0.25, -0.2) is 8.42 Å². The number of benzene rings is 1. The Hall–Kier alpha value is -1.91. The summed E-state index contributed by atoms with van der Waals surface area (Å²) in [6.45, 7) is 1.10. The van der Waals surface area contributed by atoms with E-state index in [4.69, 9.17) is 4.42 Å². The fraction of sp³-hybridized carbons (Fsp3) is 0.550.